The van der Waals surface area contributed by atoms with Crippen LogP contribution in [0.2, 0.25) is 0 Å². The van der Waals surface area contributed by atoms with Crippen LogP contribution in [0.3, 0.4) is 0 Å². The first kappa shape index (κ1) is 8.49. The van der Waals surface area contributed by atoms with E-state index in [0.717, 1.165) is 6.54 Å². The van der Waals surface area contributed by atoms with E-state index in [1.807, 2.05) is 0 Å². The van der Waals surface area contributed by atoms with Crippen LogP contribution in [-0.4, -0.2) is 44.2 Å². The molecule has 1 rings (SSSR count). The molecular formula is C7H14N2O2. The van der Waals surface area contributed by atoms with E-state index in [1.54, 1.807) is 11.9 Å². The summed E-state index contributed by atoms with van der Waals surface area (Å²) in [6.07, 6.45) is 0. The second-order valence-electron chi connectivity index (χ2n) is 2.89. The van der Waals surface area contributed by atoms with Gasteiger partial charge in [-0.1, -0.05) is 0 Å². The zero-order chi connectivity index (χ0) is 8.27. The third kappa shape index (κ3) is 2.17. The molecule has 1 aliphatic rings. The molecule has 1 saturated heterocycles. The van der Waals surface area contributed by atoms with Crippen molar-refractivity contribution in [3.8, 4) is 0 Å². The number of likely N-dealkylation sites (N-methyl/N-ethyl adjacent to an activating group) is 1. The van der Waals surface area contributed by atoms with Gasteiger partial charge in [0, 0.05) is 19.5 Å². The smallest absolute Gasteiger partial charge is 0.248 e. The highest BCUT2D eigenvalue weighted by Crippen LogP contribution is 2.03. The lowest BCUT2D eigenvalue weighted by molar-refractivity contribution is -0.132. The summed E-state index contributed by atoms with van der Waals surface area (Å²) in [5.41, 5.74) is 5.46. The van der Waals surface area contributed by atoms with Crippen molar-refractivity contribution in [2.45, 2.75) is 0 Å². The molecule has 64 valence electrons. The molecule has 1 aliphatic heterocycles. The Morgan fingerprint density at radius 3 is 3.18 bits per heavy atom. The molecule has 0 aromatic rings. The molecule has 0 spiro atoms. The molecule has 4 heteroatoms. The molecule has 1 fully saturated rings. The second-order valence-corrected chi connectivity index (χ2v) is 2.89. The molecule has 2 N–H and O–H groups in total. The Morgan fingerprint density at radius 1 is 1.82 bits per heavy atom. The number of carbonyl (C=O) groups excluding carboxylic acids is 1. The fourth-order valence-corrected chi connectivity index (χ4v) is 1.11. The van der Waals surface area contributed by atoms with Gasteiger partial charge < -0.3 is 15.4 Å². The first-order chi connectivity index (χ1) is 5.24. The maximum Gasteiger partial charge on any atom is 0.248 e. The number of hydrogen-bond acceptors (Lipinski definition) is 3. The summed E-state index contributed by atoms with van der Waals surface area (Å²) in [6, 6.07) is 0. The Hall–Kier alpha value is -0.610. The third-order valence-corrected chi connectivity index (χ3v) is 1.87. The molecule has 0 radical (unpaired) electrons. The van der Waals surface area contributed by atoms with Crippen LogP contribution >= 0.6 is 0 Å². The molecule has 0 unspecified atom stereocenters. The van der Waals surface area contributed by atoms with Gasteiger partial charge in [-0.3, -0.25) is 4.79 Å². The summed E-state index contributed by atoms with van der Waals surface area (Å²) < 4.78 is 5.11. The largest absolute Gasteiger partial charge is 0.371 e. The zero-order valence-electron chi connectivity index (χ0n) is 6.75. The van der Waals surface area contributed by atoms with Crippen molar-refractivity contribution >= 4 is 5.91 Å². The standard InChI is InChI=1S/C7H14N2O2/c1-9-3-6(2-8)4-11-5-7(9)10/h6H,2-5,8H2,1H3/t6-/m1/s1. The maximum absolute atomic E-state index is 11.0. The molecule has 1 amide bonds. The molecule has 0 saturated carbocycles. The minimum Gasteiger partial charge on any atom is -0.371 e. The number of carbonyl (C=O) groups is 1. The van der Waals surface area contributed by atoms with Gasteiger partial charge in [-0.05, 0) is 6.54 Å². The number of hydrogen-bond donors (Lipinski definition) is 1. The van der Waals surface area contributed by atoms with E-state index in [0.29, 0.717) is 19.1 Å². The fourth-order valence-electron chi connectivity index (χ4n) is 1.11. The van der Waals surface area contributed by atoms with Crippen molar-refractivity contribution in [2.75, 3.05) is 33.4 Å². The quantitative estimate of drug-likeness (QED) is 0.535. The van der Waals surface area contributed by atoms with Crippen molar-refractivity contribution in [2.24, 2.45) is 11.7 Å². The van der Waals surface area contributed by atoms with Gasteiger partial charge in [-0.15, -0.1) is 0 Å². The molecule has 4 nitrogen and oxygen atoms in total. The van der Waals surface area contributed by atoms with Crippen LogP contribution in [-0.2, 0) is 9.53 Å². The molecular weight excluding hydrogens is 144 g/mol. The normalized spacial score (nSPS) is 26.9. The molecule has 0 bridgehead atoms. The number of amides is 1. The van der Waals surface area contributed by atoms with Crippen LogP contribution in [0.4, 0.5) is 0 Å². The predicted molar refractivity (Wildman–Crippen MR) is 41.0 cm³/mol. The van der Waals surface area contributed by atoms with Crippen molar-refractivity contribution in [1.29, 1.82) is 0 Å². The van der Waals surface area contributed by atoms with Gasteiger partial charge in [-0.2, -0.15) is 0 Å². The highest BCUT2D eigenvalue weighted by molar-refractivity contribution is 5.77. The first-order valence-corrected chi connectivity index (χ1v) is 3.76. The van der Waals surface area contributed by atoms with E-state index in [2.05, 4.69) is 0 Å². The third-order valence-electron chi connectivity index (χ3n) is 1.87. The SMILES string of the molecule is CN1C[C@@H](CN)COCC1=O. The minimum atomic E-state index is 0.0425. The van der Waals surface area contributed by atoms with Crippen LogP contribution in [0, 0.1) is 5.92 Å². The van der Waals surface area contributed by atoms with Crippen molar-refractivity contribution in [1.82, 2.24) is 4.90 Å². The van der Waals surface area contributed by atoms with E-state index in [4.69, 9.17) is 10.5 Å². The lowest BCUT2D eigenvalue weighted by Gasteiger charge is -2.17. The van der Waals surface area contributed by atoms with Crippen LogP contribution in [0.15, 0.2) is 0 Å². The van der Waals surface area contributed by atoms with Crippen LogP contribution < -0.4 is 5.73 Å². The Balaban J connectivity index is 2.48. The van der Waals surface area contributed by atoms with E-state index in [-0.39, 0.29) is 12.5 Å². The van der Waals surface area contributed by atoms with Crippen LogP contribution in [0.1, 0.15) is 0 Å². The minimum absolute atomic E-state index is 0.0425. The fraction of sp³-hybridized carbons (Fsp3) is 0.857. The van der Waals surface area contributed by atoms with Gasteiger partial charge in [0.2, 0.25) is 5.91 Å². The Labute approximate surface area is 66.3 Å². The predicted octanol–water partition coefficient (Wildman–Crippen LogP) is -0.950. The number of nitrogens with two attached hydrogens (primary N) is 1. The molecule has 11 heavy (non-hydrogen) atoms. The lowest BCUT2D eigenvalue weighted by atomic mass is 10.1. The summed E-state index contributed by atoms with van der Waals surface area (Å²) >= 11 is 0. The lowest BCUT2D eigenvalue weighted by Crippen LogP contribution is -2.33. The molecule has 0 aromatic heterocycles. The summed E-state index contributed by atoms with van der Waals surface area (Å²) in [7, 11) is 1.78. The molecule has 0 aliphatic carbocycles. The Morgan fingerprint density at radius 2 is 2.55 bits per heavy atom. The Bertz CT molecular complexity index is 149. The highest BCUT2D eigenvalue weighted by Gasteiger charge is 2.19. The molecule has 0 aromatic carbocycles. The van der Waals surface area contributed by atoms with Gasteiger partial charge >= 0.3 is 0 Å². The van der Waals surface area contributed by atoms with Crippen molar-refractivity contribution in [3.05, 3.63) is 0 Å². The van der Waals surface area contributed by atoms with Crippen molar-refractivity contribution < 1.29 is 9.53 Å². The van der Waals surface area contributed by atoms with Crippen LogP contribution in [0.5, 0.6) is 0 Å². The van der Waals surface area contributed by atoms with E-state index < -0.39 is 0 Å². The van der Waals surface area contributed by atoms with E-state index in [9.17, 15) is 4.79 Å². The summed E-state index contributed by atoms with van der Waals surface area (Å²) in [5.74, 6) is 0.340. The van der Waals surface area contributed by atoms with Crippen LogP contribution in [0.25, 0.3) is 0 Å². The zero-order valence-corrected chi connectivity index (χ0v) is 6.75. The Kier molecular flexibility index (Phi) is 2.84. The van der Waals surface area contributed by atoms with E-state index in [1.165, 1.54) is 0 Å². The summed E-state index contributed by atoms with van der Waals surface area (Å²) in [5, 5.41) is 0. The van der Waals surface area contributed by atoms with E-state index >= 15 is 0 Å². The van der Waals surface area contributed by atoms with Gasteiger partial charge in [0.25, 0.3) is 0 Å². The summed E-state index contributed by atoms with van der Waals surface area (Å²) in [4.78, 5) is 12.7. The van der Waals surface area contributed by atoms with Gasteiger partial charge in [0.05, 0.1) is 6.61 Å². The maximum atomic E-state index is 11.0. The van der Waals surface area contributed by atoms with Crippen molar-refractivity contribution in [3.63, 3.8) is 0 Å². The first-order valence-electron chi connectivity index (χ1n) is 3.76. The monoisotopic (exact) mass is 158 g/mol. The average Bonchev–Trinajstić information content (AvgIpc) is 2.15. The number of ether oxygens (including phenoxy) is 1. The highest BCUT2D eigenvalue weighted by atomic mass is 16.5. The van der Waals surface area contributed by atoms with Gasteiger partial charge in [0.15, 0.2) is 0 Å². The summed E-state index contributed by atoms with van der Waals surface area (Å²) in [6.45, 7) is 2.10. The van der Waals surface area contributed by atoms with Gasteiger partial charge in [0.1, 0.15) is 6.61 Å². The number of nitrogens with zero attached hydrogens (tertiary/aromatic N) is 1. The second kappa shape index (κ2) is 3.69. The number of rotatable bonds is 1. The topological polar surface area (TPSA) is 55.6 Å². The molecule has 1 heterocycles. The average molecular weight is 158 g/mol. The molecule has 1 atom stereocenters. The van der Waals surface area contributed by atoms with Gasteiger partial charge in [-0.25, -0.2) is 0 Å².